The minimum atomic E-state index is -0.103. The number of aliphatic imine (C=N–C) groups is 2. The zero-order valence-corrected chi connectivity index (χ0v) is 18.3. The maximum atomic E-state index is 8.85. The molecule has 0 amide bonds. The highest BCUT2D eigenvalue weighted by atomic mass is 35.5. The predicted molar refractivity (Wildman–Crippen MR) is 125 cm³/mol. The summed E-state index contributed by atoms with van der Waals surface area (Å²) in [4.78, 5) is 12.2. The number of benzene rings is 1. The van der Waals surface area contributed by atoms with Gasteiger partial charge in [0, 0.05) is 23.1 Å². The van der Waals surface area contributed by atoms with Crippen LogP contribution in [-0.2, 0) is 5.75 Å². The molecule has 1 heterocycles. The lowest BCUT2D eigenvalue weighted by atomic mass is 10.2. The number of nitrogens with zero attached hydrogens (tertiary/aromatic N) is 4. The quantitative estimate of drug-likeness (QED) is 0.144. The molecule has 0 atom stereocenters. The fraction of sp³-hybridized carbons (Fsp3) is 0.222. The van der Waals surface area contributed by atoms with Crippen LogP contribution in [0.3, 0.4) is 0 Å². The lowest BCUT2D eigenvalue weighted by Gasteiger charge is -2.05. The minimum Gasteiger partial charge on any atom is -0.430 e. The number of nitrogens with one attached hydrogen (secondary N) is 2. The Kier molecular flexibility index (Phi) is 11.9. The summed E-state index contributed by atoms with van der Waals surface area (Å²) < 4.78 is 5.13. The molecule has 0 aliphatic heterocycles. The van der Waals surface area contributed by atoms with E-state index >= 15 is 0 Å². The molecule has 0 saturated heterocycles. The van der Waals surface area contributed by atoms with Gasteiger partial charge >= 0.3 is 6.01 Å². The average Bonchev–Trinajstić information content (AvgIpc) is 3.12. The van der Waals surface area contributed by atoms with E-state index < -0.39 is 0 Å². The van der Waals surface area contributed by atoms with E-state index in [1.54, 1.807) is 11.8 Å². The number of oxazole rings is 1. The number of nitrogens with two attached hydrogens (primary N) is 2. The van der Waals surface area contributed by atoms with Crippen molar-refractivity contribution >= 4 is 59.8 Å². The number of nitriles is 1. The highest BCUT2D eigenvalue weighted by Crippen LogP contribution is 2.16. The van der Waals surface area contributed by atoms with Crippen LogP contribution in [0.4, 0.5) is 6.01 Å². The van der Waals surface area contributed by atoms with Gasteiger partial charge < -0.3 is 21.2 Å². The first-order chi connectivity index (χ1) is 14.1. The second kappa shape index (κ2) is 14.2. The summed E-state index contributed by atoms with van der Waals surface area (Å²) in [5.74, 6) is 1.69. The summed E-state index contributed by atoms with van der Waals surface area (Å²) >= 11 is 7.48. The summed E-state index contributed by atoms with van der Waals surface area (Å²) in [6.45, 7) is 1.05. The van der Waals surface area contributed by atoms with Gasteiger partial charge in [-0.05, 0) is 17.7 Å². The van der Waals surface area contributed by atoms with E-state index in [4.69, 9.17) is 32.7 Å². The predicted octanol–water partition coefficient (Wildman–Crippen LogP) is 2.62. The second-order valence-corrected chi connectivity index (χ2v) is 7.05. The maximum absolute atomic E-state index is 8.85. The molecule has 0 bridgehead atoms. The van der Waals surface area contributed by atoms with Crippen LogP contribution in [0.25, 0.3) is 6.08 Å². The van der Waals surface area contributed by atoms with Gasteiger partial charge in [0.15, 0.2) is 12.2 Å². The van der Waals surface area contributed by atoms with E-state index in [9.17, 15) is 0 Å². The molecular weight excluding hydrogens is 447 g/mol. The molecule has 0 unspecified atom stereocenters. The zero-order chi connectivity index (χ0) is 20.9. The second-order valence-electron chi connectivity index (χ2n) is 5.51. The van der Waals surface area contributed by atoms with E-state index in [0.29, 0.717) is 29.8 Å². The summed E-state index contributed by atoms with van der Waals surface area (Å²) in [5.41, 5.74) is 12.3. The number of hydrogen-bond acceptors (Lipinski definition) is 6. The number of hydrogen-bond donors (Lipinski definition) is 4. The molecule has 0 aliphatic rings. The first-order valence-corrected chi connectivity index (χ1v) is 10.1. The standard InChI is InChI=1S/C18H21ClN8OS.ClH/c19-14-5-3-13(4-6-14)2-1-7-23-17(25-12-20)24-8-9-29-11-15-10-28-18(26-15)27-16(21)22;/h1-6,10H,7-9,11H2,(H2,23,24,25)(H4,21,22,26,27);1H. The molecule has 0 aliphatic carbocycles. The van der Waals surface area contributed by atoms with Crippen LogP contribution >= 0.6 is 35.8 Å². The minimum absolute atomic E-state index is 0. The molecule has 12 heteroatoms. The van der Waals surface area contributed by atoms with Gasteiger partial charge in [-0.2, -0.15) is 27.0 Å². The topological polar surface area (TPSA) is 151 Å². The lowest BCUT2D eigenvalue weighted by Crippen LogP contribution is -2.34. The molecule has 30 heavy (non-hydrogen) atoms. The number of rotatable bonds is 9. The van der Waals surface area contributed by atoms with Gasteiger partial charge in [-0.25, -0.2) is 0 Å². The Morgan fingerprint density at radius 1 is 1.33 bits per heavy atom. The fourth-order valence-corrected chi connectivity index (χ4v) is 2.87. The van der Waals surface area contributed by atoms with Crippen molar-refractivity contribution in [2.75, 3.05) is 18.8 Å². The summed E-state index contributed by atoms with van der Waals surface area (Å²) in [6, 6.07) is 7.64. The molecule has 0 radical (unpaired) electrons. The van der Waals surface area contributed by atoms with E-state index in [1.165, 1.54) is 6.26 Å². The van der Waals surface area contributed by atoms with Crippen LogP contribution < -0.4 is 22.1 Å². The Balaban J connectivity index is 0.00000450. The van der Waals surface area contributed by atoms with Crippen molar-refractivity contribution in [1.82, 2.24) is 15.6 Å². The van der Waals surface area contributed by atoms with Crippen LogP contribution in [-0.4, -0.2) is 35.7 Å². The number of guanidine groups is 2. The van der Waals surface area contributed by atoms with Crippen molar-refractivity contribution in [1.29, 1.82) is 5.26 Å². The first-order valence-electron chi connectivity index (χ1n) is 8.54. The Hall–Kier alpha value is -2.87. The summed E-state index contributed by atoms with van der Waals surface area (Å²) in [5, 5.41) is 15.1. The zero-order valence-electron chi connectivity index (χ0n) is 15.9. The van der Waals surface area contributed by atoms with Crippen molar-refractivity contribution in [3.05, 3.63) is 52.9 Å². The monoisotopic (exact) mass is 468 g/mol. The molecule has 2 aromatic rings. The van der Waals surface area contributed by atoms with Crippen molar-refractivity contribution < 1.29 is 4.42 Å². The van der Waals surface area contributed by atoms with E-state index in [0.717, 1.165) is 17.0 Å². The molecule has 6 N–H and O–H groups in total. The van der Waals surface area contributed by atoms with Crippen molar-refractivity contribution in [2.24, 2.45) is 21.5 Å². The van der Waals surface area contributed by atoms with Gasteiger partial charge in [0.2, 0.25) is 5.96 Å². The van der Waals surface area contributed by atoms with Gasteiger partial charge in [-0.15, -0.1) is 12.4 Å². The van der Waals surface area contributed by atoms with Gasteiger partial charge in [0.1, 0.15) is 6.26 Å². The molecule has 2 rings (SSSR count). The molecule has 0 spiro atoms. The van der Waals surface area contributed by atoms with Gasteiger partial charge in [0.25, 0.3) is 0 Å². The van der Waals surface area contributed by atoms with Crippen LogP contribution in [0.2, 0.25) is 5.02 Å². The van der Waals surface area contributed by atoms with Gasteiger partial charge in [0.05, 0.1) is 12.2 Å². The Morgan fingerprint density at radius 2 is 2.10 bits per heavy atom. The molecule has 1 aromatic heterocycles. The third-order valence-electron chi connectivity index (χ3n) is 3.26. The van der Waals surface area contributed by atoms with E-state index in [-0.39, 0.29) is 24.4 Å². The molecular formula is C18H22Cl2N8OS. The average molecular weight is 469 g/mol. The maximum Gasteiger partial charge on any atom is 0.325 e. The highest BCUT2D eigenvalue weighted by molar-refractivity contribution is 7.98. The largest absolute Gasteiger partial charge is 0.430 e. The summed E-state index contributed by atoms with van der Waals surface area (Å²) in [6.07, 6.45) is 7.27. The van der Waals surface area contributed by atoms with Gasteiger partial charge in [-0.3, -0.25) is 10.3 Å². The van der Waals surface area contributed by atoms with E-state index in [1.807, 2.05) is 42.6 Å². The smallest absolute Gasteiger partial charge is 0.325 e. The van der Waals surface area contributed by atoms with Crippen LogP contribution in [0.15, 0.2) is 51.0 Å². The molecule has 160 valence electrons. The van der Waals surface area contributed by atoms with Crippen LogP contribution in [0, 0.1) is 11.5 Å². The van der Waals surface area contributed by atoms with Gasteiger partial charge in [-0.1, -0.05) is 35.9 Å². The van der Waals surface area contributed by atoms with Crippen LogP contribution in [0.5, 0.6) is 0 Å². The van der Waals surface area contributed by atoms with Crippen LogP contribution in [0.1, 0.15) is 11.3 Å². The van der Waals surface area contributed by atoms with Crippen molar-refractivity contribution in [3.8, 4) is 6.19 Å². The number of aromatic nitrogens is 1. The van der Waals surface area contributed by atoms with E-state index in [2.05, 4.69) is 25.6 Å². The Labute approximate surface area is 190 Å². The normalized spacial score (nSPS) is 10.9. The molecule has 0 saturated carbocycles. The third-order valence-corrected chi connectivity index (χ3v) is 4.48. The number of thioether (sulfide) groups is 1. The molecule has 1 aromatic carbocycles. The Bertz CT molecular complexity index is 902. The lowest BCUT2D eigenvalue weighted by molar-refractivity contribution is 0.568. The third kappa shape index (κ3) is 10.1. The molecule has 9 nitrogen and oxygen atoms in total. The van der Waals surface area contributed by atoms with Crippen molar-refractivity contribution in [3.63, 3.8) is 0 Å². The highest BCUT2D eigenvalue weighted by Gasteiger charge is 2.03. The fourth-order valence-electron chi connectivity index (χ4n) is 2.04. The SMILES string of the molecule is Cl.N#CNC(=NCCSCc1coc(N=C(N)N)n1)NCC=Cc1ccc(Cl)cc1. The number of halogens is 2. The summed E-state index contributed by atoms with van der Waals surface area (Å²) in [7, 11) is 0. The van der Waals surface area contributed by atoms with Crippen molar-refractivity contribution in [2.45, 2.75) is 5.75 Å². The molecule has 0 fully saturated rings. The Morgan fingerprint density at radius 3 is 2.80 bits per heavy atom. The first kappa shape index (κ1) is 25.2.